The van der Waals surface area contributed by atoms with E-state index in [-0.39, 0.29) is 11.5 Å². The van der Waals surface area contributed by atoms with Gasteiger partial charge in [0.2, 0.25) is 0 Å². The Morgan fingerprint density at radius 3 is 2.21 bits per heavy atom. The summed E-state index contributed by atoms with van der Waals surface area (Å²) in [5.41, 5.74) is 2.75. The van der Waals surface area contributed by atoms with Crippen molar-refractivity contribution in [1.29, 1.82) is 0 Å². The zero-order valence-electron chi connectivity index (χ0n) is 12.1. The smallest absolute Gasteiger partial charge is 0.0846 e. The Morgan fingerprint density at radius 2 is 1.74 bits per heavy atom. The van der Waals surface area contributed by atoms with Gasteiger partial charge in [-0.25, -0.2) is 0 Å². The normalized spacial score (nSPS) is 24.1. The lowest BCUT2D eigenvalue weighted by Gasteiger charge is -2.34. The molecule has 2 saturated carbocycles. The zero-order valence-corrected chi connectivity index (χ0v) is 12.1. The predicted molar refractivity (Wildman–Crippen MR) is 79.2 cm³/mol. The molecule has 2 fully saturated rings. The van der Waals surface area contributed by atoms with Crippen LogP contribution in [0.25, 0.3) is 0 Å². The molecule has 1 N–H and O–H groups in total. The maximum atomic E-state index is 10.8. The molecule has 1 heteroatoms. The lowest BCUT2D eigenvalue weighted by Crippen LogP contribution is -2.25. The van der Waals surface area contributed by atoms with Gasteiger partial charge in [-0.15, -0.1) is 0 Å². The van der Waals surface area contributed by atoms with Gasteiger partial charge in [-0.3, -0.25) is 0 Å². The highest BCUT2D eigenvalue weighted by Crippen LogP contribution is 2.50. The Morgan fingerprint density at radius 1 is 1.11 bits per heavy atom. The van der Waals surface area contributed by atoms with Gasteiger partial charge >= 0.3 is 0 Å². The van der Waals surface area contributed by atoms with Crippen LogP contribution in [0.5, 0.6) is 0 Å². The molecule has 19 heavy (non-hydrogen) atoms. The van der Waals surface area contributed by atoms with Crippen LogP contribution in [0.2, 0.25) is 0 Å². The van der Waals surface area contributed by atoms with Gasteiger partial charge in [0.25, 0.3) is 0 Å². The first-order chi connectivity index (χ1) is 9.25. The Balaban J connectivity index is 1.77. The number of hydrogen-bond acceptors (Lipinski definition) is 1. The van der Waals surface area contributed by atoms with Crippen molar-refractivity contribution in [1.82, 2.24) is 0 Å². The summed E-state index contributed by atoms with van der Waals surface area (Å²) in [6.07, 6.45) is 9.85. The highest BCUT2D eigenvalue weighted by Gasteiger charge is 2.39. The van der Waals surface area contributed by atoms with Crippen LogP contribution in [-0.4, -0.2) is 5.11 Å². The number of aliphatic hydroxyl groups excluding tert-OH is 1. The molecule has 0 heterocycles. The fourth-order valence-electron chi connectivity index (χ4n) is 3.95. The largest absolute Gasteiger partial charge is 0.388 e. The number of benzene rings is 1. The van der Waals surface area contributed by atoms with Gasteiger partial charge in [-0.2, -0.15) is 0 Å². The minimum Gasteiger partial charge on any atom is -0.388 e. The van der Waals surface area contributed by atoms with Crippen molar-refractivity contribution in [3.8, 4) is 0 Å². The molecule has 0 saturated heterocycles. The van der Waals surface area contributed by atoms with Crippen molar-refractivity contribution in [2.45, 2.75) is 70.3 Å². The van der Waals surface area contributed by atoms with E-state index < -0.39 is 0 Å². The maximum Gasteiger partial charge on any atom is 0.0846 e. The molecule has 0 radical (unpaired) electrons. The second-order valence-corrected chi connectivity index (χ2v) is 6.62. The topological polar surface area (TPSA) is 20.2 Å². The maximum absolute atomic E-state index is 10.8. The molecule has 2 aliphatic carbocycles. The summed E-state index contributed by atoms with van der Waals surface area (Å²) in [6, 6.07) is 8.85. The van der Waals surface area contributed by atoms with E-state index >= 15 is 0 Å². The molecule has 104 valence electrons. The molecule has 0 bridgehead atoms. The summed E-state index contributed by atoms with van der Waals surface area (Å²) >= 11 is 0. The molecular formula is C18H26O. The van der Waals surface area contributed by atoms with Crippen LogP contribution in [0, 0.1) is 5.41 Å². The SMILES string of the molecule is CCC1(C(O)c2ccc(C3CCC3)cc2)CCCC1. The predicted octanol–water partition coefficient (Wildman–Crippen LogP) is 4.96. The molecule has 1 aromatic carbocycles. The van der Waals surface area contributed by atoms with Gasteiger partial charge in [0, 0.05) is 5.41 Å². The van der Waals surface area contributed by atoms with Crippen LogP contribution in [0.15, 0.2) is 24.3 Å². The van der Waals surface area contributed by atoms with E-state index in [4.69, 9.17) is 0 Å². The lowest BCUT2D eigenvalue weighted by atomic mass is 9.74. The summed E-state index contributed by atoms with van der Waals surface area (Å²) < 4.78 is 0. The first-order valence-electron chi connectivity index (χ1n) is 8.03. The van der Waals surface area contributed by atoms with Crippen LogP contribution in [0.4, 0.5) is 0 Å². The fourth-order valence-corrected chi connectivity index (χ4v) is 3.95. The first kappa shape index (κ1) is 13.2. The molecule has 0 amide bonds. The lowest BCUT2D eigenvalue weighted by molar-refractivity contribution is 0.0237. The van der Waals surface area contributed by atoms with Gasteiger partial charge in [0.1, 0.15) is 0 Å². The standard InChI is InChI=1S/C18H26O/c1-2-18(12-3-4-13-18)17(19)16-10-8-15(9-11-16)14-6-5-7-14/h8-11,14,17,19H,2-7,12-13H2,1H3. The monoisotopic (exact) mass is 258 g/mol. The Kier molecular flexibility index (Phi) is 3.66. The third-order valence-electron chi connectivity index (χ3n) is 5.71. The number of hydrogen-bond donors (Lipinski definition) is 1. The van der Waals surface area contributed by atoms with E-state index in [0.29, 0.717) is 0 Å². The second-order valence-electron chi connectivity index (χ2n) is 6.62. The van der Waals surface area contributed by atoms with Gasteiger partial charge in [0.05, 0.1) is 6.10 Å². The van der Waals surface area contributed by atoms with Crippen molar-refractivity contribution in [3.05, 3.63) is 35.4 Å². The Labute approximate surface area is 117 Å². The molecule has 1 nitrogen and oxygen atoms in total. The van der Waals surface area contributed by atoms with Crippen molar-refractivity contribution in [2.75, 3.05) is 0 Å². The summed E-state index contributed by atoms with van der Waals surface area (Å²) in [7, 11) is 0. The minimum absolute atomic E-state index is 0.151. The van der Waals surface area contributed by atoms with E-state index in [1.54, 1.807) is 0 Å². The van der Waals surface area contributed by atoms with Crippen LogP contribution in [-0.2, 0) is 0 Å². The van der Waals surface area contributed by atoms with Crippen molar-refractivity contribution >= 4 is 0 Å². The molecule has 0 spiro atoms. The van der Waals surface area contributed by atoms with Crippen molar-refractivity contribution < 1.29 is 5.11 Å². The molecule has 1 aromatic rings. The average molecular weight is 258 g/mol. The van der Waals surface area contributed by atoms with Gasteiger partial charge < -0.3 is 5.11 Å². The summed E-state index contributed by atoms with van der Waals surface area (Å²) in [5.74, 6) is 0.790. The summed E-state index contributed by atoms with van der Waals surface area (Å²) in [4.78, 5) is 0. The van der Waals surface area contributed by atoms with E-state index in [1.165, 1.54) is 50.5 Å². The number of rotatable bonds is 4. The van der Waals surface area contributed by atoms with Crippen LogP contribution < -0.4 is 0 Å². The van der Waals surface area contributed by atoms with Gasteiger partial charge in [-0.05, 0) is 49.1 Å². The highest BCUT2D eigenvalue weighted by atomic mass is 16.3. The van der Waals surface area contributed by atoms with Gasteiger partial charge in [-0.1, -0.05) is 50.5 Å². The molecule has 3 rings (SSSR count). The quantitative estimate of drug-likeness (QED) is 0.809. The van der Waals surface area contributed by atoms with Crippen molar-refractivity contribution in [3.63, 3.8) is 0 Å². The van der Waals surface area contributed by atoms with E-state index in [0.717, 1.165) is 17.9 Å². The second kappa shape index (κ2) is 5.28. The Bertz CT molecular complexity index is 410. The summed E-state index contributed by atoms with van der Waals surface area (Å²) in [5, 5.41) is 10.8. The molecule has 1 atom stereocenters. The molecule has 2 aliphatic rings. The van der Waals surface area contributed by atoms with E-state index in [2.05, 4.69) is 31.2 Å². The summed E-state index contributed by atoms with van der Waals surface area (Å²) in [6.45, 7) is 2.23. The fraction of sp³-hybridized carbons (Fsp3) is 0.667. The van der Waals surface area contributed by atoms with E-state index in [1.807, 2.05) is 0 Å². The zero-order chi connectivity index (χ0) is 13.3. The first-order valence-corrected chi connectivity index (χ1v) is 8.03. The van der Waals surface area contributed by atoms with Crippen LogP contribution in [0.1, 0.15) is 81.4 Å². The third-order valence-corrected chi connectivity index (χ3v) is 5.71. The molecule has 1 unspecified atom stereocenters. The third kappa shape index (κ3) is 2.33. The average Bonchev–Trinajstić information content (AvgIpc) is 2.87. The van der Waals surface area contributed by atoms with Crippen molar-refractivity contribution in [2.24, 2.45) is 5.41 Å². The minimum atomic E-state index is -0.268. The molecule has 0 aliphatic heterocycles. The van der Waals surface area contributed by atoms with Crippen LogP contribution >= 0.6 is 0 Å². The van der Waals surface area contributed by atoms with E-state index in [9.17, 15) is 5.11 Å². The molecular weight excluding hydrogens is 232 g/mol. The molecule has 0 aromatic heterocycles. The van der Waals surface area contributed by atoms with Gasteiger partial charge in [0.15, 0.2) is 0 Å². The number of aliphatic hydroxyl groups is 1. The Hall–Kier alpha value is -0.820. The van der Waals surface area contributed by atoms with Crippen LogP contribution in [0.3, 0.4) is 0 Å². The highest BCUT2D eigenvalue weighted by molar-refractivity contribution is 5.29.